The van der Waals surface area contributed by atoms with Crippen LogP contribution in [-0.4, -0.2) is 53.5 Å². The number of ether oxygens (including phenoxy) is 2. The van der Waals surface area contributed by atoms with Gasteiger partial charge in [0, 0.05) is 31.7 Å². The van der Waals surface area contributed by atoms with Gasteiger partial charge in [0.05, 0.1) is 0 Å². The van der Waals surface area contributed by atoms with Crippen LogP contribution in [0.25, 0.3) is 0 Å². The molecule has 7 heteroatoms. The minimum atomic E-state index is -0.792. The van der Waals surface area contributed by atoms with Crippen molar-refractivity contribution < 1.29 is 19.1 Å². The van der Waals surface area contributed by atoms with E-state index in [-0.39, 0.29) is 5.91 Å². The van der Waals surface area contributed by atoms with E-state index in [1.165, 1.54) is 4.90 Å². The molecule has 0 fully saturated rings. The molecule has 39 heavy (non-hydrogen) atoms. The standard InChI is InChI=1S/C32H39N3O4/c1-23(2)34(24(3)4)20-18-33-31(36)30-29-16-15-28(38-22-25-11-7-5-8-12-25)21-26(29)17-19-35(30)32(37)39-27-13-9-6-10-14-27/h5-16,21,23-24,30H,17-20,22H2,1-4H3,(H,33,36). The van der Waals surface area contributed by atoms with Crippen molar-refractivity contribution in [2.24, 2.45) is 0 Å². The summed E-state index contributed by atoms with van der Waals surface area (Å²) >= 11 is 0. The molecule has 3 aromatic rings. The predicted molar refractivity (Wildman–Crippen MR) is 153 cm³/mol. The smallest absolute Gasteiger partial charge is 0.416 e. The summed E-state index contributed by atoms with van der Waals surface area (Å²) in [5.74, 6) is 0.967. The van der Waals surface area contributed by atoms with Crippen molar-refractivity contribution >= 4 is 12.0 Å². The number of carbonyl (C=O) groups is 2. The van der Waals surface area contributed by atoms with Gasteiger partial charge >= 0.3 is 6.09 Å². The Bertz CT molecular complexity index is 1220. The van der Waals surface area contributed by atoms with Gasteiger partial charge < -0.3 is 14.8 Å². The largest absolute Gasteiger partial charge is 0.489 e. The third-order valence-corrected chi connectivity index (χ3v) is 7.02. The van der Waals surface area contributed by atoms with Crippen LogP contribution in [0.3, 0.4) is 0 Å². The Kier molecular flexibility index (Phi) is 9.60. The van der Waals surface area contributed by atoms with Crippen molar-refractivity contribution in [2.45, 2.75) is 58.8 Å². The molecule has 3 aromatic carbocycles. The lowest BCUT2D eigenvalue weighted by atomic mass is 9.92. The maximum atomic E-state index is 13.6. The molecule has 1 atom stereocenters. The first kappa shape index (κ1) is 28.2. The molecule has 1 aliphatic heterocycles. The number of amides is 2. The Hall–Kier alpha value is -3.84. The molecule has 4 rings (SSSR count). The van der Waals surface area contributed by atoms with Crippen LogP contribution in [0.5, 0.6) is 11.5 Å². The second kappa shape index (κ2) is 13.3. The van der Waals surface area contributed by atoms with E-state index in [0.29, 0.717) is 44.0 Å². The average molecular weight is 530 g/mol. The number of nitrogens with one attached hydrogen (secondary N) is 1. The highest BCUT2D eigenvalue weighted by Crippen LogP contribution is 2.33. The monoisotopic (exact) mass is 529 g/mol. The summed E-state index contributed by atoms with van der Waals surface area (Å²) in [5, 5.41) is 3.08. The topological polar surface area (TPSA) is 71.1 Å². The lowest BCUT2D eigenvalue weighted by molar-refractivity contribution is -0.126. The Labute approximate surface area is 231 Å². The lowest BCUT2D eigenvalue weighted by Crippen LogP contribution is -2.49. The van der Waals surface area contributed by atoms with E-state index in [1.54, 1.807) is 12.1 Å². The second-order valence-corrected chi connectivity index (χ2v) is 10.4. The molecule has 1 unspecified atom stereocenters. The molecule has 0 aromatic heterocycles. The van der Waals surface area contributed by atoms with Crippen LogP contribution >= 0.6 is 0 Å². The maximum absolute atomic E-state index is 13.6. The maximum Gasteiger partial charge on any atom is 0.416 e. The zero-order valence-corrected chi connectivity index (χ0v) is 23.3. The third kappa shape index (κ3) is 7.39. The van der Waals surface area contributed by atoms with E-state index in [1.807, 2.05) is 66.7 Å². The molecule has 7 nitrogen and oxygen atoms in total. The highest BCUT2D eigenvalue weighted by atomic mass is 16.6. The van der Waals surface area contributed by atoms with Crippen molar-refractivity contribution in [3.05, 3.63) is 95.6 Å². The Morgan fingerprint density at radius 3 is 2.26 bits per heavy atom. The molecule has 0 radical (unpaired) electrons. The number of rotatable bonds is 10. The van der Waals surface area contributed by atoms with Crippen molar-refractivity contribution in [3.8, 4) is 11.5 Å². The molecule has 1 N–H and O–H groups in total. The minimum Gasteiger partial charge on any atom is -0.489 e. The summed E-state index contributed by atoms with van der Waals surface area (Å²) in [5.41, 5.74) is 2.87. The van der Waals surface area contributed by atoms with E-state index in [2.05, 4.69) is 37.9 Å². The number of nitrogens with zero attached hydrogens (tertiary/aromatic N) is 2. The van der Waals surface area contributed by atoms with Gasteiger partial charge in [-0.2, -0.15) is 0 Å². The summed E-state index contributed by atoms with van der Waals surface area (Å²) in [6, 6.07) is 24.6. The van der Waals surface area contributed by atoms with Gasteiger partial charge in [0.1, 0.15) is 24.1 Å². The molecule has 0 spiro atoms. The summed E-state index contributed by atoms with van der Waals surface area (Å²) < 4.78 is 11.7. The molecule has 1 aliphatic rings. The van der Waals surface area contributed by atoms with E-state index < -0.39 is 12.1 Å². The number of benzene rings is 3. The van der Waals surface area contributed by atoms with Gasteiger partial charge in [-0.1, -0.05) is 54.6 Å². The van der Waals surface area contributed by atoms with Gasteiger partial charge in [0.25, 0.3) is 0 Å². The Morgan fingerprint density at radius 2 is 1.59 bits per heavy atom. The number of hydrogen-bond acceptors (Lipinski definition) is 5. The molecule has 0 aliphatic carbocycles. The van der Waals surface area contributed by atoms with Gasteiger partial charge in [0.2, 0.25) is 5.91 Å². The van der Waals surface area contributed by atoms with E-state index in [4.69, 9.17) is 9.47 Å². The molecule has 0 bridgehead atoms. The van der Waals surface area contributed by atoms with Gasteiger partial charge in [0.15, 0.2) is 0 Å². The van der Waals surface area contributed by atoms with Gasteiger partial charge in [-0.05, 0) is 75.1 Å². The molecular weight excluding hydrogens is 490 g/mol. The Balaban J connectivity index is 1.53. The number of para-hydroxylation sites is 1. The Morgan fingerprint density at radius 1 is 0.923 bits per heavy atom. The van der Waals surface area contributed by atoms with E-state index in [0.717, 1.165) is 29.0 Å². The quantitative estimate of drug-likeness (QED) is 0.370. The van der Waals surface area contributed by atoms with E-state index in [9.17, 15) is 9.59 Å². The van der Waals surface area contributed by atoms with Gasteiger partial charge in [-0.25, -0.2) is 4.79 Å². The fourth-order valence-corrected chi connectivity index (χ4v) is 5.08. The van der Waals surface area contributed by atoms with Crippen molar-refractivity contribution in [3.63, 3.8) is 0 Å². The van der Waals surface area contributed by atoms with E-state index >= 15 is 0 Å². The van der Waals surface area contributed by atoms with Gasteiger partial charge in [-0.3, -0.25) is 14.6 Å². The first-order valence-electron chi connectivity index (χ1n) is 13.7. The summed E-state index contributed by atoms with van der Waals surface area (Å²) in [7, 11) is 0. The zero-order valence-electron chi connectivity index (χ0n) is 23.3. The predicted octanol–water partition coefficient (Wildman–Crippen LogP) is 5.60. The normalized spacial score (nSPS) is 14.8. The van der Waals surface area contributed by atoms with Crippen LogP contribution in [0.1, 0.15) is 50.4 Å². The van der Waals surface area contributed by atoms with Crippen LogP contribution in [0, 0.1) is 0 Å². The zero-order chi connectivity index (χ0) is 27.8. The fraction of sp³-hybridized carbons (Fsp3) is 0.375. The average Bonchev–Trinajstić information content (AvgIpc) is 2.94. The summed E-state index contributed by atoms with van der Waals surface area (Å²) in [4.78, 5) is 30.8. The van der Waals surface area contributed by atoms with Crippen molar-refractivity contribution in [1.29, 1.82) is 0 Å². The van der Waals surface area contributed by atoms with Crippen LogP contribution in [0.2, 0.25) is 0 Å². The molecule has 2 amide bonds. The first-order chi connectivity index (χ1) is 18.8. The van der Waals surface area contributed by atoms with Crippen LogP contribution < -0.4 is 14.8 Å². The summed E-state index contributed by atoms with van der Waals surface area (Å²) in [6.45, 7) is 10.6. The molecule has 206 valence electrons. The first-order valence-corrected chi connectivity index (χ1v) is 13.7. The molecule has 0 saturated carbocycles. The van der Waals surface area contributed by atoms with Crippen molar-refractivity contribution in [1.82, 2.24) is 15.1 Å². The van der Waals surface area contributed by atoms with Crippen molar-refractivity contribution in [2.75, 3.05) is 19.6 Å². The lowest BCUT2D eigenvalue weighted by Gasteiger charge is -2.36. The number of fused-ring (bicyclic) bond motifs is 1. The highest BCUT2D eigenvalue weighted by molar-refractivity contribution is 5.88. The van der Waals surface area contributed by atoms with Crippen LogP contribution in [-0.2, 0) is 17.8 Å². The number of hydrogen-bond donors (Lipinski definition) is 1. The fourth-order valence-electron chi connectivity index (χ4n) is 5.08. The minimum absolute atomic E-state index is 0.216. The third-order valence-electron chi connectivity index (χ3n) is 7.02. The molecule has 0 saturated heterocycles. The molecular formula is C32H39N3O4. The second-order valence-electron chi connectivity index (χ2n) is 10.4. The summed E-state index contributed by atoms with van der Waals surface area (Å²) in [6.07, 6.45) is 0.0578. The van der Waals surface area contributed by atoms with Crippen LogP contribution in [0.4, 0.5) is 4.79 Å². The molecule has 1 heterocycles. The number of carbonyl (C=O) groups excluding carboxylic acids is 2. The SMILES string of the molecule is CC(C)N(CCNC(=O)C1c2ccc(OCc3ccccc3)cc2CCN1C(=O)Oc1ccccc1)C(C)C. The van der Waals surface area contributed by atoms with Gasteiger partial charge in [-0.15, -0.1) is 0 Å². The highest BCUT2D eigenvalue weighted by Gasteiger charge is 2.37. The van der Waals surface area contributed by atoms with Crippen LogP contribution in [0.15, 0.2) is 78.9 Å².